The summed E-state index contributed by atoms with van der Waals surface area (Å²) in [5.41, 5.74) is 1.92. The third-order valence-corrected chi connectivity index (χ3v) is 4.20. The van der Waals surface area contributed by atoms with Crippen molar-refractivity contribution in [3.05, 3.63) is 71.7 Å². The average Bonchev–Trinajstić information content (AvgIpc) is 3.40. The molecule has 0 atom stereocenters. The van der Waals surface area contributed by atoms with Crippen molar-refractivity contribution in [2.45, 2.75) is 13.5 Å². The van der Waals surface area contributed by atoms with Crippen LogP contribution in [0.4, 0.5) is 0 Å². The van der Waals surface area contributed by atoms with E-state index in [9.17, 15) is 9.59 Å². The van der Waals surface area contributed by atoms with Gasteiger partial charge in [-0.3, -0.25) is 0 Å². The Morgan fingerprint density at radius 3 is 2.72 bits per heavy atom. The van der Waals surface area contributed by atoms with Crippen LogP contribution >= 0.6 is 0 Å². The molecule has 0 bridgehead atoms. The molecule has 0 unspecified atom stereocenters. The van der Waals surface area contributed by atoms with Crippen LogP contribution in [0.5, 0.6) is 0 Å². The summed E-state index contributed by atoms with van der Waals surface area (Å²) < 4.78 is 17.6. The van der Waals surface area contributed by atoms with Crippen LogP contribution in [0.2, 0.25) is 0 Å². The minimum Gasteiger partial charge on any atom is -0.460 e. The second kappa shape index (κ2) is 7.93. The fourth-order valence-corrected chi connectivity index (χ4v) is 2.88. The van der Waals surface area contributed by atoms with E-state index in [4.69, 9.17) is 13.9 Å². The molecule has 0 radical (unpaired) electrons. The van der Waals surface area contributed by atoms with Gasteiger partial charge in [0.2, 0.25) is 5.76 Å². The van der Waals surface area contributed by atoms with Gasteiger partial charge in [0.05, 0.1) is 23.4 Å². The zero-order valence-corrected chi connectivity index (χ0v) is 15.4. The number of para-hydroxylation sites is 1. The zero-order chi connectivity index (χ0) is 20.2. The van der Waals surface area contributed by atoms with Gasteiger partial charge in [0.25, 0.3) is 0 Å². The molecule has 2 aromatic carbocycles. The molecule has 146 valence electrons. The van der Waals surface area contributed by atoms with Crippen LogP contribution in [0.1, 0.15) is 33.4 Å². The Morgan fingerprint density at radius 2 is 1.93 bits per heavy atom. The maximum absolute atomic E-state index is 12.6. The number of hydrogen-bond donors (Lipinski definition) is 0. The standard InChI is InChI=1S/C20H16N4O5/c1-2-27-20(26)18-16(15-8-3-4-9-17(15)29-18)11-28-19(25)13-6-5-7-14(10-13)24-12-21-22-23-24/h3-10,12H,2,11H2,1H3. The number of furan rings is 1. The first-order valence-corrected chi connectivity index (χ1v) is 8.85. The number of fused-ring (bicyclic) bond motifs is 1. The molecule has 2 aromatic heterocycles. The van der Waals surface area contributed by atoms with Crippen LogP contribution < -0.4 is 0 Å². The van der Waals surface area contributed by atoms with Crippen molar-refractivity contribution in [2.24, 2.45) is 0 Å². The Labute approximate surface area is 164 Å². The Hall–Kier alpha value is -4.01. The van der Waals surface area contributed by atoms with Gasteiger partial charge in [0.15, 0.2) is 0 Å². The quantitative estimate of drug-likeness (QED) is 0.461. The highest BCUT2D eigenvalue weighted by atomic mass is 16.5. The first-order chi connectivity index (χ1) is 14.2. The van der Waals surface area contributed by atoms with Gasteiger partial charge in [0.1, 0.15) is 18.5 Å². The minimum absolute atomic E-state index is 0.0308. The van der Waals surface area contributed by atoms with Gasteiger partial charge >= 0.3 is 11.9 Å². The molecule has 4 aromatic rings. The van der Waals surface area contributed by atoms with E-state index in [1.807, 2.05) is 6.07 Å². The summed E-state index contributed by atoms with van der Waals surface area (Å²) >= 11 is 0. The summed E-state index contributed by atoms with van der Waals surface area (Å²) in [6.45, 7) is 1.77. The number of carbonyl (C=O) groups excluding carboxylic acids is 2. The molecule has 29 heavy (non-hydrogen) atoms. The number of nitrogens with zero attached hydrogens (tertiary/aromatic N) is 4. The van der Waals surface area contributed by atoms with Crippen molar-refractivity contribution >= 4 is 22.9 Å². The fourth-order valence-electron chi connectivity index (χ4n) is 2.88. The molecule has 0 saturated carbocycles. The molecule has 2 heterocycles. The van der Waals surface area contributed by atoms with Gasteiger partial charge in [-0.2, -0.15) is 0 Å². The predicted octanol–water partition coefficient (Wildman–Crippen LogP) is 2.94. The smallest absolute Gasteiger partial charge is 0.374 e. The molecule has 9 heteroatoms. The van der Waals surface area contributed by atoms with E-state index in [1.54, 1.807) is 49.4 Å². The normalized spacial score (nSPS) is 10.8. The van der Waals surface area contributed by atoms with Crippen LogP contribution in [-0.2, 0) is 16.1 Å². The highest BCUT2D eigenvalue weighted by Gasteiger charge is 2.23. The van der Waals surface area contributed by atoms with Gasteiger partial charge in [-0.15, -0.1) is 5.10 Å². The SMILES string of the molecule is CCOC(=O)c1oc2ccccc2c1COC(=O)c1cccc(-n2cnnn2)c1. The van der Waals surface area contributed by atoms with Crippen molar-refractivity contribution in [3.63, 3.8) is 0 Å². The van der Waals surface area contributed by atoms with Crippen LogP contribution in [0.15, 0.2) is 59.3 Å². The number of ether oxygens (including phenoxy) is 2. The minimum atomic E-state index is -0.601. The number of carbonyl (C=O) groups is 2. The maximum atomic E-state index is 12.6. The largest absolute Gasteiger partial charge is 0.460 e. The molecule has 0 aliphatic heterocycles. The number of tetrazole rings is 1. The van der Waals surface area contributed by atoms with Crippen LogP contribution in [0.3, 0.4) is 0 Å². The lowest BCUT2D eigenvalue weighted by atomic mass is 10.1. The molecule has 0 fully saturated rings. The molecular formula is C20H16N4O5. The van der Waals surface area contributed by atoms with Gasteiger partial charge in [-0.1, -0.05) is 24.3 Å². The van der Waals surface area contributed by atoms with Gasteiger partial charge in [-0.25, -0.2) is 14.3 Å². The molecular weight excluding hydrogens is 376 g/mol. The van der Waals surface area contributed by atoms with Gasteiger partial charge in [-0.05, 0) is 41.6 Å². The summed E-state index contributed by atoms with van der Waals surface area (Å²) in [5, 5.41) is 11.6. The fraction of sp³-hybridized carbons (Fsp3) is 0.150. The lowest BCUT2D eigenvalue weighted by Gasteiger charge is -2.07. The van der Waals surface area contributed by atoms with Gasteiger partial charge in [0, 0.05) is 5.39 Å². The first kappa shape index (κ1) is 18.4. The summed E-state index contributed by atoms with van der Waals surface area (Å²) in [6.07, 6.45) is 1.42. The highest BCUT2D eigenvalue weighted by Crippen LogP contribution is 2.27. The van der Waals surface area contributed by atoms with E-state index >= 15 is 0 Å². The van der Waals surface area contributed by atoms with E-state index < -0.39 is 11.9 Å². The van der Waals surface area contributed by atoms with E-state index in [2.05, 4.69) is 15.5 Å². The van der Waals surface area contributed by atoms with E-state index in [0.29, 0.717) is 27.8 Å². The molecule has 0 N–H and O–H groups in total. The Kier molecular flexibility index (Phi) is 5.02. The molecule has 0 aliphatic carbocycles. The molecule has 0 spiro atoms. The molecule has 0 aliphatic rings. The maximum Gasteiger partial charge on any atom is 0.374 e. The van der Waals surface area contributed by atoms with Crippen LogP contribution in [0.25, 0.3) is 16.7 Å². The predicted molar refractivity (Wildman–Crippen MR) is 100 cm³/mol. The molecule has 0 saturated heterocycles. The Morgan fingerprint density at radius 1 is 1.07 bits per heavy atom. The van der Waals surface area contributed by atoms with Crippen molar-refractivity contribution in [1.29, 1.82) is 0 Å². The van der Waals surface area contributed by atoms with E-state index in [0.717, 1.165) is 0 Å². The zero-order valence-electron chi connectivity index (χ0n) is 15.4. The second-order valence-electron chi connectivity index (χ2n) is 6.01. The number of rotatable bonds is 6. The Balaban J connectivity index is 1.58. The molecule has 0 amide bonds. The Bertz CT molecular complexity index is 1170. The molecule has 4 rings (SSSR count). The second-order valence-corrected chi connectivity index (χ2v) is 6.01. The van der Waals surface area contributed by atoms with E-state index in [1.165, 1.54) is 11.0 Å². The highest BCUT2D eigenvalue weighted by molar-refractivity contribution is 5.96. The lowest BCUT2D eigenvalue weighted by Crippen LogP contribution is -2.10. The number of hydrogen-bond acceptors (Lipinski definition) is 8. The number of benzene rings is 2. The van der Waals surface area contributed by atoms with Crippen LogP contribution in [-0.4, -0.2) is 38.8 Å². The van der Waals surface area contributed by atoms with Crippen molar-refractivity contribution in [1.82, 2.24) is 20.2 Å². The van der Waals surface area contributed by atoms with Crippen LogP contribution in [0, 0.1) is 0 Å². The average molecular weight is 392 g/mol. The van der Waals surface area contributed by atoms with Crippen molar-refractivity contribution in [3.8, 4) is 5.69 Å². The van der Waals surface area contributed by atoms with E-state index in [-0.39, 0.29) is 19.0 Å². The van der Waals surface area contributed by atoms with Crippen molar-refractivity contribution in [2.75, 3.05) is 6.61 Å². The van der Waals surface area contributed by atoms with Crippen molar-refractivity contribution < 1.29 is 23.5 Å². The number of esters is 2. The third kappa shape index (κ3) is 3.70. The first-order valence-electron chi connectivity index (χ1n) is 8.85. The summed E-state index contributed by atoms with van der Waals surface area (Å²) in [6, 6.07) is 13.8. The lowest BCUT2D eigenvalue weighted by molar-refractivity contribution is 0.0435. The van der Waals surface area contributed by atoms with Gasteiger partial charge < -0.3 is 13.9 Å². The summed E-state index contributed by atoms with van der Waals surface area (Å²) in [4.78, 5) is 24.8. The summed E-state index contributed by atoms with van der Waals surface area (Å²) in [5.74, 6) is -1.13. The number of aromatic nitrogens is 4. The monoisotopic (exact) mass is 392 g/mol. The summed E-state index contributed by atoms with van der Waals surface area (Å²) in [7, 11) is 0. The molecule has 9 nitrogen and oxygen atoms in total. The topological polar surface area (TPSA) is 109 Å². The third-order valence-electron chi connectivity index (χ3n) is 4.20.